The van der Waals surface area contributed by atoms with Crippen LogP contribution < -0.4 is 10.6 Å². The number of fused-ring (bicyclic) bond motifs is 1. The minimum absolute atomic E-state index is 0.376. The number of nitrogens with one attached hydrogen (secondary N) is 3. The number of amides is 2. The van der Waals surface area contributed by atoms with Gasteiger partial charge in [0.15, 0.2) is 0 Å². The topological polar surface area (TPSA) is 83.2 Å². The van der Waals surface area contributed by atoms with E-state index in [4.69, 9.17) is 4.74 Å². The molecular formula is C16H15N3O3S. The van der Waals surface area contributed by atoms with Crippen LogP contribution in [0.25, 0.3) is 10.9 Å². The average Bonchev–Trinajstić information content (AvgIpc) is 3.12. The predicted octanol–water partition coefficient (Wildman–Crippen LogP) is 3.97. The van der Waals surface area contributed by atoms with Crippen molar-refractivity contribution in [3.63, 3.8) is 0 Å². The van der Waals surface area contributed by atoms with Gasteiger partial charge in [-0.05, 0) is 37.3 Å². The van der Waals surface area contributed by atoms with Gasteiger partial charge in [0.25, 0.3) is 0 Å². The van der Waals surface area contributed by atoms with Crippen molar-refractivity contribution >= 4 is 45.6 Å². The van der Waals surface area contributed by atoms with Crippen LogP contribution in [0.3, 0.4) is 0 Å². The molecule has 0 saturated carbocycles. The van der Waals surface area contributed by atoms with Crippen molar-refractivity contribution in [2.45, 2.75) is 6.92 Å². The van der Waals surface area contributed by atoms with Gasteiger partial charge < -0.3 is 20.4 Å². The Morgan fingerprint density at radius 1 is 1.17 bits per heavy atom. The highest BCUT2D eigenvalue weighted by Crippen LogP contribution is 2.27. The van der Waals surface area contributed by atoms with Crippen LogP contribution in [0.15, 0.2) is 36.5 Å². The lowest BCUT2D eigenvalue weighted by Crippen LogP contribution is -2.20. The summed E-state index contributed by atoms with van der Waals surface area (Å²) in [5.74, 6) is -0.466. The number of aromatic nitrogens is 1. The van der Waals surface area contributed by atoms with Gasteiger partial charge in [-0.15, -0.1) is 11.3 Å². The molecule has 2 amide bonds. The number of esters is 1. The number of ether oxygens (including phenoxy) is 1. The Kier molecular flexibility index (Phi) is 4.03. The van der Waals surface area contributed by atoms with Crippen LogP contribution in [0.5, 0.6) is 0 Å². The number of aryl methyl sites for hydroxylation is 1. The maximum Gasteiger partial charge on any atom is 0.350 e. The first-order chi connectivity index (χ1) is 11.1. The molecule has 0 aliphatic carbocycles. The Bertz CT molecular complexity index is 882. The Morgan fingerprint density at radius 3 is 2.78 bits per heavy atom. The standard InChI is InChI=1S/C16H15N3O3S/c1-9-7-13(14(23-9)15(20)22-2)19-16(21)18-11-3-4-12-10(8-11)5-6-17-12/h3-8,17H,1-2H3,(H2,18,19,21). The lowest BCUT2D eigenvalue weighted by Gasteiger charge is -2.08. The molecule has 0 spiro atoms. The third-order valence-corrected chi connectivity index (χ3v) is 4.32. The zero-order chi connectivity index (χ0) is 16.4. The lowest BCUT2D eigenvalue weighted by atomic mass is 10.2. The smallest absolute Gasteiger partial charge is 0.350 e. The van der Waals surface area contributed by atoms with E-state index < -0.39 is 12.0 Å². The first-order valence-electron chi connectivity index (χ1n) is 6.90. The molecule has 23 heavy (non-hydrogen) atoms. The molecule has 3 N–H and O–H groups in total. The summed E-state index contributed by atoms with van der Waals surface area (Å²) < 4.78 is 4.73. The fourth-order valence-corrected chi connectivity index (χ4v) is 3.15. The van der Waals surface area contributed by atoms with Gasteiger partial charge in [0.2, 0.25) is 0 Å². The highest BCUT2D eigenvalue weighted by Gasteiger charge is 2.17. The summed E-state index contributed by atoms with van der Waals surface area (Å²) >= 11 is 1.28. The number of carbonyl (C=O) groups excluding carboxylic acids is 2. The van der Waals surface area contributed by atoms with Crippen LogP contribution in [0, 0.1) is 6.92 Å². The van der Waals surface area contributed by atoms with Crippen LogP contribution in [0.2, 0.25) is 0 Å². The Hall–Kier alpha value is -2.80. The number of methoxy groups -OCH3 is 1. The molecule has 0 unspecified atom stereocenters. The molecule has 3 rings (SSSR count). The second-order valence-electron chi connectivity index (χ2n) is 4.95. The lowest BCUT2D eigenvalue weighted by molar-refractivity contribution is 0.0607. The Morgan fingerprint density at radius 2 is 2.00 bits per heavy atom. The van der Waals surface area contributed by atoms with Crippen molar-refractivity contribution in [2.75, 3.05) is 17.7 Å². The molecule has 2 aromatic heterocycles. The van der Waals surface area contributed by atoms with Crippen molar-refractivity contribution in [1.82, 2.24) is 4.98 Å². The molecule has 0 fully saturated rings. The van der Waals surface area contributed by atoms with Crippen LogP contribution >= 0.6 is 11.3 Å². The van der Waals surface area contributed by atoms with Crippen LogP contribution in [0.4, 0.5) is 16.2 Å². The summed E-state index contributed by atoms with van der Waals surface area (Å²) in [6.07, 6.45) is 1.84. The van der Waals surface area contributed by atoms with Gasteiger partial charge in [0.1, 0.15) is 4.88 Å². The number of H-pyrrole nitrogens is 1. The quantitative estimate of drug-likeness (QED) is 0.636. The summed E-state index contributed by atoms with van der Waals surface area (Å²) in [5.41, 5.74) is 2.11. The second-order valence-corrected chi connectivity index (χ2v) is 6.21. The number of hydrogen-bond donors (Lipinski definition) is 3. The zero-order valence-corrected chi connectivity index (χ0v) is 13.4. The molecular weight excluding hydrogens is 314 g/mol. The van der Waals surface area contributed by atoms with Gasteiger partial charge in [-0.1, -0.05) is 0 Å². The first kappa shape index (κ1) is 15.1. The van der Waals surface area contributed by atoms with E-state index in [1.807, 2.05) is 31.3 Å². The molecule has 0 saturated heterocycles. The van der Waals surface area contributed by atoms with Crippen LogP contribution in [-0.4, -0.2) is 24.1 Å². The van der Waals surface area contributed by atoms with Crippen molar-refractivity contribution in [1.29, 1.82) is 0 Å². The van der Waals surface area contributed by atoms with E-state index >= 15 is 0 Å². The SMILES string of the molecule is COC(=O)c1sc(C)cc1NC(=O)Nc1ccc2[nH]ccc2c1. The van der Waals surface area contributed by atoms with E-state index in [2.05, 4.69) is 15.6 Å². The van der Waals surface area contributed by atoms with E-state index in [-0.39, 0.29) is 0 Å². The summed E-state index contributed by atoms with van der Waals surface area (Å²) in [6, 6.07) is 8.81. The normalized spacial score (nSPS) is 10.5. The van der Waals surface area contributed by atoms with Crippen molar-refractivity contribution < 1.29 is 14.3 Å². The third kappa shape index (κ3) is 3.19. The molecule has 1 aromatic carbocycles. The monoisotopic (exact) mass is 329 g/mol. The number of carbonyl (C=O) groups is 2. The molecule has 118 valence electrons. The van der Waals surface area contributed by atoms with Crippen molar-refractivity contribution in [2.24, 2.45) is 0 Å². The molecule has 6 nitrogen and oxygen atoms in total. The highest BCUT2D eigenvalue weighted by molar-refractivity contribution is 7.14. The maximum absolute atomic E-state index is 12.2. The first-order valence-corrected chi connectivity index (χ1v) is 7.72. The van der Waals surface area contributed by atoms with Gasteiger partial charge in [-0.3, -0.25) is 0 Å². The number of aromatic amines is 1. The minimum Gasteiger partial charge on any atom is -0.465 e. The summed E-state index contributed by atoms with van der Waals surface area (Å²) in [7, 11) is 1.31. The fraction of sp³-hybridized carbons (Fsp3) is 0.125. The number of thiophene rings is 1. The van der Waals surface area contributed by atoms with E-state index in [9.17, 15) is 9.59 Å². The van der Waals surface area contributed by atoms with E-state index in [0.29, 0.717) is 16.3 Å². The van der Waals surface area contributed by atoms with Crippen molar-refractivity contribution in [3.8, 4) is 0 Å². The number of urea groups is 1. The predicted molar refractivity (Wildman–Crippen MR) is 91.3 cm³/mol. The number of anilines is 2. The largest absolute Gasteiger partial charge is 0.465 e. The fourth-order valence-electron chi connectivity index (χ4n) is 2.27. The Balaban J connectivity index is 1.75. The molecule has 0 radical (unpaired) electrons. The third-order valence-electron chi connectivity index (χ3n) is 3.29. The molecule has 0 aliphatic rings. The molecule has 0 bridgehead atoms. The van der Waals surface area contributed by atoms with Gasteiger partial charge in [0.05, 0.1) is 12.8 Å². The summed E-state index contributed by atoms with van der Waals surface area (Å²) in [6.45, 7) is 1.86. The van der Waals surface area contributed by atoms with Gasteiger partial charge in [-0.2, -0.15) is 0 Å². The Labute approximate surface area is 136 Å². The number of benzene rings is 1. The molecule has 2 heterocycles. The van der Waals surface area contributed by atoms with E-state index in [1.165, 1.54) is 18.4 Å². The maximum atomic E-state index is 12.2. The van der Waals surface area contributed by atoms with Crippen molar-refractivity contribution in [3.05, 3.63) is 46.3 Å². The molecule has 0 aliphatic heterocycles. The highest BCUT2D eigenvalue weighted by atomic mass is 32.1. The number of hydrogen-bond acceptors (Lipinski definition) is 4. The van der Waals surface area contributed by atoms with Crippen LogP contribution in [0.1, 0.15) is 14.5 Å². The van der Waals surface area contributed by atoms with E-state index in [0.717, 1.165) is 15.8 Å². The van der Waals surface area contributed by atoms with Gasteiger partial charge in [0, 0.05) is 27.7 Å². The average molecular weight is 329 g/mol. The molecule has 0 atom stereocenters. The van der Waals surface area contributed by atoms with Gasteiger partial charge in [-0.25, -0.2) is 9.59 Å². The summed E-state index contributed by atoms with van der Waals surface area (Å²) in [4.78, 5) is 28.2. The van der Waals surface area contributed by atoms with E-state index in [1.54, 1.807) is 12.1 Å². The molecule has 7 heteroatoms. The number of rotatable bonds is 3. The van der Waals surface area contributed by atoms with Crippen LogP contribution in [-0.2, 0) is 4.74 Å². The summed E-state index contributed by atoms with van der Waals surface area (Å²) in [5, 5.41) is 6.45. The zero-order valence-electron chi connectivity index (χ0n) is 12.6. The minimum atomic E-state index is -0.466. The van der Waals surface area contributed by atoms with Gasteiger partial charge >= 0.3 is 12.0 Å². The second kappa shape index (κ2) is 6.13. The molecule has 3 aromatic rings.